The molecule has 1 saturated carbocycles. The SMILES string of the molecule is CCN(c1nccn1C1CC1)C1CCCNC1. The van der Waals surface area contributed by atoms with Crippen molar-refractivity contribution in [1.82, 2.24) is 14.9 Å². The van der Waals surface area contributed by atoms with Gasteiger partial charge in [-0.05, 0) is 39.2 Å². The highest BCUT2D eigenvalue weighted by Gasteiger charge is 2.29. The number of anilines is 1. The van der Waals surface area contributed by atoms with E-state index in [1.807, 2.05) is 6.20 Å². The molecule has 2 fully saturated rings. The summed E-state index contributed by atoms with van der Waals surface area (Å²) >= 11 is 0. The first-order chi connectivity index (χ1) is 8.40. The Bertz CT molecular complexity index is 363. The zero-order valence-corrected chi connectivity index (χ0v) is 10.6. The molecule has 1 unspecified atom stereocenters. The van der Waals surface area contributed by atoms with E-state index in [1.165, 1.54) is 38.2 Å². The lowest BCUT2D eigenvalue weighted by atomic mass is 10.1. The quantitative estimate of drug-likeness (QED) is 0.862. The molecule has 1 aliphatic heterocycles. The molecule has 0 spiro atoms. The number of nitrogens with one attached hydrogen (secondary N) is 1. The van der Waals surface area contributed by atoms with Gasteiger partial charge in [0.15, 0.2) is 0 Å². The minimum Gasteiger partial charge on any atom is -0.338 e. The molecule has 94 valence electrons. The van der Waals surface area contributed by atoms with Gasteiger partial charge in [-0.2, -0.15) is 0 Å². The largest absolute Gasteiger partial charge is 0.338 e. The number of piperidine rings is 1. The Labute approximate surface area is 103 Å². The molecule has 2 aliphatic rings. The fourth-order valence-electron chi connectivity index (χ4n) is 2.83. The van der Waals surface area contributed by atoms with Gasteiger partial charge in [-0.1, -0.05) is 0 Å². The van der Waals surface area contributed by atoms with Gasteiger partial charge >= 0.3 is 0 Å². The van der Waals surface area contributed by atoms with E-state index >= 15 is 0 Å². The number of hydrogen-bond donors (Lipinski definition) is 1. The first-order valence-corrected chi connectivity index (χ1v) is 6.90. The molecule has 0 bridgehead atoms. The van der Waals surface area contributed by atoms with Crippen molar-refractivity contribution in [2.24, 2.45) is 0 Å². The molecular weight excluding hydrogens is 212 g/mol. The maximum Gasteiger partial charge on any atom is 0.205 e. The lowest BCUT2D eigenvalue weighted by molar-refractivity contribution is 0.427. The summed E-state index contributed by atoms with van der Waals surface area (Å²) in [6.07, 6.45) is 9.32. The van der Waals surface area contributed by atoms with E-state index in [1.54, 1.807) is 0 Å². The summed E-state index contributed by atoms with van der Waals surface area (Å²) in [7, 11) is 0. The Morgan fingerprint density at radius 2 is 2.35 bits per heavy atom. The maximum atomic E-state index is 4.58. The first-order valence-electron chi connectivity index (χ1n) is 6.90. The second-order valence-electron chi connectivity index (χ2n) is 5.15. The maximum absolute atomic E-state index is 4.58. The third-order valence-corrected chi connectivity index (χ3v) is 3.90. The van der Waals surface area contributed by atoms with Crippen LogP contribution in [0.4, 0.5) is 5.95 Å². The normalized spacial score (nSPS) is 24.9. The Morgan fingerprint density at radius 1 is 1.47 bits per heavy atom. The Kier molecular flexibility index (Phi) is 3.05. The van der Waals surface area contributed by atoms with Gasteiger partial charge < -0.3 is 14.8 Å². The molecule has 1 aromatic heterocycles. The molecular formula is C13H22N4. The molecule has 2 heterocycles. The third-order valence-electron chi connectivity index (χ3n) is 3.90. The summed E-state index contributed by atoms with van der Waals surface area (Å²) in [5, 5.41) is 3.50. The van der Waals surface area contributed by atoms with Crippen LogP contribution in [0.2, 0.25) is 0 Å². The zero-order chi connectivity index (χ0) is 11.7. The minimum atomic E-state index is 0.619. The Hall–Kier alpha value is -1.03. The van der Waals surface area contributed by atoms with Gasteiger partial charge in [0.05, 0.1) is 0 Å². The summed E-state index contributed by atoms with van der Waals surface area (Å²) in [5.41, 5.74) is 0. The van der Waals surface area contributed by atoms with Crippen LogP contribution in [0.25, 0.3) is 0 Å². The molecule has 1 aromatic rings. The van der Waals surface area contributed by atoms with Crippen molar-refractivity contribution in [2.45, 2.75) is 44.7 Å². The molecule has 0 aromatic carbocycles. The van der Waals surface area contributed by atoms with Gasteiger partial charge in [0.25, 0.3) is 0 Å². The van der Waals surface area contributed by atoms with Crippen molar-refractivity contribution >= 4 is 5.95 Å². The molecule has 1 atom stereocenters. The van der Waals surface area contributed by atoms with Crippen LogP contribution in [0.5, 0.6) is 0 Å². The van der Waals surface area contributed by atoms with Crippen LogP contribution in [0.15, 0.2) is 12.4 Å². The molecule has 0 radical (unpaired) electrons. The number of likely N-dealkylation sites (N-methyl/N-ethyl adjacent to an activating group) is 1. The molecule has 1 aliphatic carbocycles. The van der Waals surface area contributed by atoms with Crippen LogP contribution in [0.1, 0.15) is 38.6 Å². The van der Waals surface area contributed by atoms with Crippen LogP contribution in [0.3, 0.4) is 0 Å². The standard InChI is InChI=1S/C13H22N4/c1-2-16(12-4-3-7-14-10-12)13-15-8-9-17(13)11-5-6-11/h8-9,11-12,14H,2-7,10H2,1H3. The van der Waals surface area contributed by atoms with Gasteiger partial charge in [-0.25, -0.2) is 4.98 Å². The Morgan fingerprint density at radius 3 is 3.00 bits per heavy atom. The highest BCUT2D eigenvalue weighted by Crippen LogP contribution is 2.38. The van der Waals surface area contributed by atoms with E-state index < -0.39 is 0 Å². The molecule has 1 N–H and O–H groups in total. The van der Waals surface area contributed by atoms with Crippen molar-refractivity contribution < 1.29 is 0 Å². The second kappa shape index (κ2) is 4.69. The van der Waals surface area contributed by atoms with E-state index in [-0.39, 0.29) is 0 Å². The summed E-state index contributed by atoms with van der Waals surface area (Å²) in [4.78, 5) is 7.06. The number of rotatable bonds is 4. The van der Waals surface area contributed by atoms with Gasteiger partial charge in [0, 0.05) is 37.6 Å². The lowest BCUT2D eigenvalue weighted by Crippen LogP contribution is -2.47. The number of imidazole rings is 1. The summed E-state index contributed by atoms with van der Waals surface area (Å²) < 4.78 is 2.37. The van der Waals surface area contributed by atoms with E-state index in [2.05, 4.69) is 32.9 Å². The average molecular weight is 234 g/mol. The monoisotopic (exact) mass is 234 g/mol. The van der Waals surface area contributed by atoms with Crippen LogP contribution in [0, 0.1) is 0 Å². The Balaban J connectivity index is 1.80. The third kappa shape index (κ3) is 2.18. The zero-order valence-electron chi connectivity index (χ0n) is 10.6. The van der Waals surface area contributed by atoms with Crippen molar-refractivity contribution in [3.63, 3.8) is 0 Å². The minimum absolute atomic E-state index is 0.619. The van der Waals surface area contributed by atoms with Crippen LogP contribution >= 0.6 is 0 Å². The van der Waals surface area contributed by atoms with Crippen LogP contribution < -0.4 is 10.2 Å². The summed E-state index contributed by atoms with van der Waals surface area (Å²) in [5.74, 6) is 1.18. The fourth-order valence-corrected chi connectivity index (χ4v) is 2.83. The molecule has 3 rings (SSSR count). The van der Waals surface area contributed by atoms with E-state index in [4.69, 9.17) is 0 Å². The second-order valence-corrected chi connectivity index (χ2v) is 5.15. The molecule has 4 heteroatoms. The van der Waals surface area contributed by atoms with Gasteiger partial charge in [-0.3, -0.25) is 0 Å². The molecule has 0 amide bonds. The van der Waals surface area contributed by atoms with Crippen molar-refractivity contribution in [3.8, 4) is 0 Å². The van der Waals surface area contributed by atoms with Gasteiger partial charge in [0.1, 0.15) is 0 Å². The summed E-state index contributed by atoms with van der Waals surface area (Å²) in [6.45, 7) is 5.56. The van der Waals surface area contributed by atoms with E-state index in [0.29, 0.717) is 6.04 Å². The summed E-state index contributed by atoms with van der Waals surface area (Å²) in [6, 6.07) is 1.34. The highest BCUT2D eigenvalue weighted by atomic mass is 15.3. The predicted octanol–water partition coefficient (Wildman–Crippen LogP) is 1.80. The molecule has 1 saturated heterocycles. The lowest BCUT2D eigenvalue weighted by Gasteiger charge is -2.35. The fraction of sp³-hybridized carbons (Fsp3) is 0.769. The topological polar surface area (TPSA) is 33.1 Å². The smallest absolute Gasteiger partial charge is 0.205 e. The van der Waals surface area contributed by atoms with Crippen LogP contribution in [-0.4, -0.2) is 35.2 Å². The molecule has 17 heavy (non-hydrogen) atoms. The highest BCUT2D eigenvalue weighted by molar-refractivity contribution is 5.34. The predicted molar refractivity (Wildman–Crippen MR) is 69.4 cm³/mol. The van der Waals surface area contributed by atoms with E-state index in [9.17, 15) is 0 Å². The first kappa shape index (κ1) is 11.1. The average Bonchev–Trinajstić information content (AvgIpc) is 3.12. The molecule has 4 nitrogen and oxygen atoms in total. The van der Waals surface area contributed by atoms with Gasteiger partial charge in [-0.15, -0.1) is 0 Å². The van der Waals surface area contributed by atoms with Crippen molar-refractivity contribution in [2.75, 3.05) is 24.5 Å². The number of hydrogen-bond acceptors (Lipinski definition) is 3. The van der Waals surface area contributed by atoms with Crippen molar-refractivity contribution in [3.05, 3.63) is 12.4 Å². The van der Waals surface area contributed by atoms with Gasteiger partial charge in [0.2, 0.25) is 5.95 Å². The van der Waals surface area contributed by atoms with Crippen LogP contribution in [-0.2, 0) is 0 Å². The van der Waals surface area contributed by atoms with Crippen molar-refractivity contribution in [1.29, 1.82) is 0 Å². The van der Waals surface area contributed by atoms with E-state index in [0.717, 1.165) is 19.1 Å². The number of nitrogens with zero attached hydrogens (tertiary/aromatic N) is 3. The number of aromatic nitrogens is 2.